The molecule has 0 unspecified atom stereocenters. The predicted molar refractivity (Wildman–Crippen MR) is 142 cm³/mol. The Morgan fingerprint density at radius 3 is 2.19 bits per heavy atom. The molecule has 4 heteroatoms. The molecule has 1 aliphatic carbocycles. The fourth-order valence-corrected chi connectivity index (χ4v) is 5.34. The average molecular weight is 493 g/mol. The lowest BCUT2D eigenvalue weighted by Gasteiger charge is -2.29. The van der Waals surface area contributed by atoms with Crippen molar-refractivity contribution < 1.29 is 17.9 Å². The molecule has 1 nitrogen and oxygen atoms in total. The van der Waals surface area contributed by atoms with Crippen LogP contribution >= 0.6 is 0 Å². The molecule has 1 aliphatic rings. The van der Waals surface area contributed by atoms with Crippen molar-refractivity contribution in [3.05, 3.63) is 90.3 Å². The second-order valence-corrected chi connectivity index (χ2v) is 9.87. The summed E-state index contributed by atoms with van der Waals surface area (Å²) < 4.78 is 49.3. The highest BCUT2D eigenvalue weighted by molar-refractivity contribution is 5.71. The molecule has 1 saturated carbocycles. The average Bonchev–Trinajstić information content (AvgIpc) is 2.90. The molecule has 0 atom stereocenters. The third kappa shape index (κ3) is 6.03. The Bertz CT molecular complexity index is 1160. The van der Waals surface area contributed by atoms with Crippen molar-refractivity contribution >= 4 is 0 Å². The first-order valence-corrected chi connectivity index (χ1v) is 13.1. The molecule has 4 rings (SSSR count). The summed E-state index contributed by atoms with van der Waals surface area (Å²) in [6.45, 7) is 5.84. The van der Waals surface area contributed by atoms with E-state index >= 15 is 4.39 Å². The highest BCUT2D eigenvalue weighted by atomic mass is 19.2. The largest absolute Gasteiger partial charge is 0.486 e. The van der Waals surface area contributed by atoms with Gasteiger partial charge in [0.25, 0.3) is 0 Å². The van der Waals surface area contributed by atoms with E-state index in [1.54, 1.807) is 18.2 Å². The van der Waals surface area contributed by atoms with Crippen LogP contribution in [0.4, 0.5) is 13.2 Å². The Balaban J connectivity index is 1.44. The molecule has 1 fully saturated rings. The van der Waals surface area contributed by atoms with Gasteiger partial charge >= 0.3 is 0 Å². The van der Waals surface area contributed by atoms with Crippen LogP contribution in [0.15, 0.2) is 67.3 Å². The van der Waals surface area contributed by atoms with Crippen LogP contribution in [0.3, 0.4) is 0 Å². The van der Waals surface area contributed by atoms with Crippen molar-refractivity contribution in [2.24, 2.45) is 5.92 Å². The molecule has 0 heterocycles. The maximum Gasteiger partial charge on any atom is 0.201 e. The number of unbranched alkanes of at least 4 members (excludes halogenated alkanes) is 2. The quantitative estimate of drug-likeness (QED) is 0.202. The zero-order valence-electron chi connectivity index (χ0n) is 21.0. The molecule has 0 N–H and O–H groups in total. The van der Waals surface area contributed by atoms with Gasteiger partial charge in [0.2, 0.25) is 5.82 Å². The van der Waals surface area contributed by atoms with E-state index in [2.05, 4.69) is 13.5 Å². The molecule has 3 aromatic carbocycles. The van der Waals surface area contributed by atoms with E-state index in [0.29, 0.717) is 11.5 Å². The van der Waals surface area contributed by atoms with Gasteiger partial charge in [0.15, 0.2) is 11.6 Å². The van der Waals surface area contributed by atoms with Crippen molar-refractivity contribution in [3.8, 4) is 28.0 Å². The number of ether oxygens (including phenoxy) is 1. The second-order valence-electron chi connectivity index (χ2n) is 9.87. The van der Waals surface area contributed by atoms with E-state index in [1.165, 1.54) is 56.7 Å². The molecule has 0 amide bonds. The monoisotopic (exact) mass is 492 g/mol. The summed E-state index contributed by atoms with van der Waals surface area (Å²) in [5, 5.41) is 0. The maximum absolute atomic E-state index is 15.1. The van der Waals surface area contributed by atoms with Gasteiger partial charge in [0.05, 0.1) is 0 Å². The highest BCUT2D eigenvalue weighted by Crippen LogP contribution is 2.39. The standard InChI is InChI=1S/C32H35F3O/c1-3-5-6-7-22-8-10-24(11-9-22)27-17-16-26(21-29(27)33)23-12-14-25(15-13-23)28-18-19-30(36-20-4-2)32(35)31(28)34/h4,12-19,21-22,24H,2-3,5-11,20H2,1H3. The third-order valence-electron chi connectivity index (χ3n) is 7.44. The first-order valence-electron chi connectivity index (χ1n) is 13.1. The first kappa shape index (κ1) is 26.1. The lowest BCUT2D eigenvalue weighted by atomic mass is 9.76. The van der Waals surface area contributed by atoms with Crippen LogP contribution in [0.2, 0.25) is 0 Å². The van der Waals surface area contributed by atoms with Crippen molar-refractivity contribution in [1.82, 2.24) is 0 Å². The first-order chi connectivity index (χ1) is 17.5. The predicted octanol–water partition coefficient (Wildman–Crippen LogP) is 9.86. The van der Waals surface area contributed by atoms with Crippen molar-refractivity contribution in [3.63, 3.8) is 0 Å². The Labute approximate surface area is 213 Å². The number of rotatable bonds is 10. The summed E-state index contributed by atoms with van der Waals surface area (Å²) in [7, 11) is 0. The fraction of sp³-hybridized carbons (Fsp3) is 0.375. The lowest BCUT2D eigenvalue weighted by molar-refractivity contribution is 0.299. The van der Waals surface area contributed by atoms with E-state index in [4.69, 9.17) is 4.74 Å². The molecule has 0 aliphatic heterocycles. The van der Waals surface area contributed by atoms with Crippen LogP contribution in [-0.4, -0.2) is 6.61 Å². The minimum Gasteiger partial charge on any atom is -0.486 e. The summed E-state index contributed by atoms with van der Waals surface area (Å²) in [4.78, 5) is 0. The number of benzene rings is 3. The van der Waals surface area contributed by atoms with Gasteiger partial charge in [-0.25, -0.2) is 8.78 Å². The van der Waals surface area contributed by atoms with Crippen LogP contribution in [-0.2, 0) is 0 Å². The Hall–Kier alpha value is -3.01. The SMILES string of the molecule is C=CCOc1ccc(-c2ccc(-c3ccc(C4CCC(CCCCC)CC4)c(F)c3)cc2)c(F)c1F. The fourth-order valence-electron chi connectivity index (χ4n) is 5.34. The topological polar surface area (TPSA) is 9.23 Å². The summed E-state index contributed by atoms with van der Waals surface area (Å²) in [5.41, 5.74) is 3.11. The minimum absolute atomic E-state index is 0.0973. The second kappa shape index (κ2) is 12.3. The summed E-state index contributed by atoms with van der Waals surface area (Å²) in [6, 6.07) is 15.5. The molecule has 190 valence electrons. The molecular weight excluding hydrogens is 457 g/mol. The van der Waals surface area contributed by atoms with Crippen molar-refractivity contribution in [2.75, 3.05) is 6.61 Å². The van der Waals surface area contributed by atoms with Gasteiger partial charge in [-0.2, -0.15) is 4.39 Å². The Morgan fingerprint density at radius 1 is 0.833 bits per heavy atom. The molecule has 0 bridgehead atoms. The zero-order chi connectivity index (χ0) is 25.5. The number of hydrogen-bond acceptors (Lipinski definition) is 1. The lowest BCUT2D eigenvalue weighted by Crippen LogP contribution is -2.14. The summed E-state index contributed by atoms with van der Waals surface area (Å²) >= 11 is 0. The van der Waals surface area contributed by atoms with Crippen LogP contribution in [0.1, 0.15) is 69.8 Å². The van der Waals surface area contributed by atoms with Gasteiger partial charge in [-0.05, 0) is 78.0 Å². The minimum atomic E-state index is -1.02. The molecule has 0 spiro atoms. The van der Waals surface area contributed by atoms with Crippen molar-refractivity contribution in [2.45, 2.75) is 64.2 Å². The van der Waals surface area contributed by atoms with Gasteiger partial charge in [0, 0.05) is 5.56 Å². The maximum atomic E-state index is 15.1. The summed E-state index contributed by atoms with van der Waals surface area (Å²) in [6.07, 6.45) is 11.1. The molecule has 0 saturated heterocycles. The van der Waals surface area contributed by atoms with E-state index in [1.807, 2.05) is 24.3 Å². The zero-order valence-corrected chi connectivity index (χ0v) is 21.0. The molecular formula is C32H35F3O. The van der Waals surface area contributed by atoms with Crippen LogP contribution in [0.25, 0.3) is 22.3 Å². The van der Waals surface area contributed by atoms with Crippen LogP contribution in [0.5, 0.6) is 5.75 Å². The third-order valence-corrected chi connectivity index (χ3v) is 7.44. The molecule has 3 aromatic rings. The van der Waals surface area contributed by atoms with Crippen molar-refractivity contribution in [1.29, 1.82) is 0 Å². The van der Waals surface area contributed by atoms with Crippen LogP contribution in [0, 0.1) is 23.4 Å². The van der Waals surface area contributed by atoms with E-state index in [-0.39, 0.29) is 23.7 Å². The summed E-state index contributed by atoms with van der Waals surface area (Å²) in [5.74, 6) is -1.20. The molecule has 36 heavy (non-hydrogen) atoms. The van der Waals surface area contributed by atoms with Gasteiger partial charge in [-0.1, -0.05) is 81.7 Å². The Morgan fingerprint density at radius 2 is 1.53 bits per heavy atom. The smallest absolute Gasteiger partial charge is 0.201 e. The van der Waals surface area contributed by atoms with Gasteiger partial charge in [-0.15, -0.1) is 0 Å². The normalized spacial score (nSPS) is 17.7. The highest BCUT2D eigenvalue weighted by Gasteiger charge is 2.24. The number of hydrogen-bond donors (Lipinski definition) is 0. The van der Waals surface area contributed by atoms with Gasteiger partial charge in [-0.3, -0.25) is 0 Å². The molecule has 0 radical (unpaired) electrons. The van der Waals surface area contributed by atoms with Gasteiger partial charge in [0.1, 0.15) is 12.4 Å². The number of halogens is 3. The molecule has 0 aromatic heterocycles. The van der Waals surface area contributed by atoms with E-state index < -0.39 is 11.6 Å². The van der Waals surface area contributed by atoms with E-state index in [0.717, 1.165) is 35.4 Å². The van der Waals surface area contributed by atoms with Gasteiger partial charge < -0.3 is 4.74 Å². The van der Waals surface area contributed by atoms with Crippen LogP contribution < -0.4 is 4.74 Å². The van der Waals surface area contributed by atoms with E-state index in [9.17, 15) is 8.78 Å². The Kier molecular flexibility index (Phi) is 8.90.